The van der Waals surface area contributed by atoms with Crippen LogP contribution in [0.5, 0.6) is 5.75 Å². The van der Waals surface area contributed by atoms with Gasteiger partial charge in [-0.05, 0) is 24.1 Å². The van der Waals surface area contributed by atoms with Crippen LogP contribution in [0.3, 0.4) is 0 Å². The summed E-state index contributed by atoms with van der Waals surface area (Å²) >= 11 is 3.56. The monoisotopic (exact) mass is 323 g/mol. The second kappa shape index (κ2) is 5.65. The van der Waals surface area contributed by atoms with E-state index in [-0.39, 0.29) is 6.61 Å². The van der Waals surface area contributed by atoms with Crippen LogP contribution in [-0.4, -0.2) is 24.4 Å². The van der Waals surface area contributed by atoms with Crippen molar-refractivity contribution in [2.75, 3.05) is 13.2 Å². The molecule has 0 unspecified atom stereocenters. The third-order valence-corrected chi connectivity index (χ3v) is 4.24. The highest BCUT2D eigenvalue weighted by Gasteiger charge is 2.20. The van der Waals surface area contributed by atoms with Gasteiger partial charge in [-0.3, -0.25) is 0 Å². The highest BCUT2D eigenvalue weighted by atomic mass is 79.9. The Morgan fingerprint density at radius 3 is 3.05 bits per heavy atom. The van der Waals surface area contributed by atoms with Crippen molar-refractivity contribution in [3.8, 4) is 5.75 Å². The highest BCUT2D eigenvalue weighted by Crippen LogP contribution is 2.33. The van der Waals surface area contributed by atoms with Gasteiger partial charge in [0.25, 0.3) is 0 Å². The van der Waals surface area contributed by atoms with Gasteiger partial charge < -0.3 is 15.2 Å². The Labute approximate surface area is 121 Å². The first-order valence-electron chi connectivity index (χ1n) is 6.73. The molecule has 4 heteroatoms. The number of benzene rings is 1. The molecule has 1 aromatic rings. The van der Waals surface area contributed by atoms with Crippen LogP contribution in [0.25, 0.3) is 0 Å². The summed E-state index contributed by atoms with van der Waals surface area (Å²) in [4.78, 5) is 0. The number of aliphatic hydroxyl groups is 1. The van der Waals surface area contributed by atoms with E-state index in [0.717, 1.165) is 36.2 Å². The summed E-state index contributed by atoms with van der Waals surface area (Å²) in [6, 6.07) is 4.62. The van der Waals surface area contributed by atoms with Gasteiger partial charge in [0.1, 0.15) is 5.75 Å². The van der Waals surface area contributed by atoms with Gasteiger partial charge in [-0.2, -0.15) is 0 Å². The Balaban J connectivity index is 1.66. The van der Waals surface area contributed by atoms with Crippen molar-refractivity contribution < 1.29 is 9.84 Å². The van der Waals surface area contributed by atoms with Crippen molar-refractivity contribution in [3.05, 3.63) is 39.9 Å². The Bertz CT molecular complexity index is 501. The zero-order valence-corrected chi connectivity index (χ0v) is 12.3. The lowest BCUT2D eigenvalue weighted by atomic mass is 10.1. The van der Waals surface area contributed by atoms with Gasteiger partial charge in [0, 0.05) is 41.6 Å². The van der Waals surface area contributed by atoms with E-state index in [1.165, 1.54) is 11.1 Å². The molecule has 0 amide bonds. The van der Waals surface area contributed by atoms with Gasteiger partial charge in [-0.15, -0.1) is 0 Å². The van der Waals surface area contributed by atoms with Gasteiger partial charge in [-0.1, -0.05) is 28.1 Å². The molecule has 0 spiro atoms. The number of ether oxygens (including phenoxy) is 1. The molecule has 102 valence electrons. The Kier molecular flexibility index (Phi) is 3.91. The molecule has 1 aliphatic heterocycles. The lowest BCUT2D eigenvalue weighted by Crippen LogP contribution is -2.26. The predicted octanol–water partition coefficient (Wildman–Crippen LogP) is 2.41. The molecule has 1 aromatic carbocycles. The summed E-state index contributed by atoms with van der Waals surface area (Å²) in [6.45, 7) is 1.83. The van der Waals surface area contributed by atoms with Crippen LogP contribution >= 0.6 is 15.9 Å². The molecule has 1 heterocycles. The van der Waals surface area contributed by atoms with Crippen LogP contribution in [0.2, 0.25) is 0 Å². The number of aliphatic hydroxyl groups excluding tert-OH is 1. The molecule has 0 saturated carbocycles. The largest absolute Gasteiger partial charge is 0.493 e. The fourth-order valence-electron chi connectivity index (χ4n) is 2.78. The van der Waals surface area contributed by atoms with E-state index in [1.54, 1.807) is 0 Å². The summed E-state index contributed by atoms with van der Waals surface area (Å²) in [5.41, 5.74) is 2.50. The molecule has 0 bridgehead atoms. The number of nitrogens with one attached hydrogen (secondary N) is 1. The molecule has 3 nitrogen and oxygen atoms in total. The van der Waals surface area contributed by atoms with Crippen LogP contribution in [0.1, 0.15) is 17.5 Å². The van der Waals surface area contributed by atoms with Crippen LogP contribution in [0, 0.1) is 5.92 Å². The molecule has 19 heavy (non-hydrogen) atoms. The minimum absolute atomic E-state index is 0.240. The average molecular weight is 324 g/mol. The fourth-order valence-corrected chi connectivity index (χ4v) is 3.33. The van der Waals surface area contributed by atoms with E-state index in [1.807, 2.05) is 0 Å². The van der Waals surface area contributed by atoms with Crippen LogP contribution in [0.15, 0.2) is 28.8 Å². The van der Waals surface area contributed by atoms with Crippen molar-refractivity contribution in [1.29, 1.82) is 0 Å². The first kappa shape index (κ1) is 13.2. The summed E-state index contributed by atoms with van der Waals surface area (Å²) in [5.74, 6) is 1.36. The number of rotatable bonds is 4. The van der Waals surface area contributed by atoms with Crippen molar-refractivity contribution in [3.63, 3.8) is 0 Å². The van der Waals surface area contributed by atoms with Crippen molar-refractivity contribution in [2.24, 2.45) is 5.92 Å². The molecule has 1 aliphatic carbocycles. The maximum Gasteiger partial charge on any atom is 0.127 e. The molecule has 0 saturated heterocycles. The van der Waals surface area contributed by atoms with Crippen molar-refractivity contribution in [2.45, 2.75) is 25.4 Å². The van der Waals surface area contributed by atoms with Crippen molar-refractivity contribution in [1.82, 2.24) is 5.32 Å². The quantitative estimate of drug-likeness (QED) is 0.836. The maximum absolute atomic E-state index is 9.13. The summed E-state index contributed by atoms with van der Waals surface area (Å²) in [5, 5.41) is 12.6. The Hall–Kier alpha value is -0.840. The highest BCUT2D eigenvalue weighted by molar-refractivity contribution is 9.10. The summed E-state index contributed by atoms with van der Waals surface area (Å²) < 4.78 is 6.84. The average Bonchev–Trinajstić information content (AvgIpc) is 3.03. The minimum Gasteiger partial charge on any atom is -0.493 e. The molecular weight excluding hydrogens is 306 g/mol. The SMILES string of the molecule is OC[C@H]1C=C[C@@H](NCc2cc(Br)cc3c2OCC3)C1. The molecular formula is C15H18BrNO2. The van der Waals surface area contributed by atoms with Gasteiger partial charge in [0.2, 0.25) is 0 Å². The van der Waals surface area contributed by atoms with Gasteiger partial charge in [0.15, 0.2) is 0 Å². The number of hydrogen-bond acceptors (Lipinski definition) is 3. The van der Waals surface area contributed by atoms with Gasteiger partial charge in [0.05, 0.1) is 6.61 Å². The second-order valence-corrected chi connectivity index (χ2v) is 6.12. The first-order chi connectivity index (χ1) is 9.26. The predicted molar refractivity (Wildman–Crippen MR) is 78.3 cm³/mol. The van der Waals surface area contributed by atoms with Crippen LogP contribution < -0.4 is 10.1 Å². The van der Waals surface area contributed by atoms with Gasteiger partial charge in [-0.25, -0.2) is 0 Å². The topological polar surface area (TPSA) is 41.5 Å². The molecule has 2 atom stereocenters. The Morgan fingerprint density at radius 1 is 1.37 bits per heavy atom. The lowest BCUT2D eigenvalue weighted by Gasteiger charge is -2.15. The molecule has 0 aromatic heterocycles. The minimum atomic E-state index is 0.240. The van der Waals surface area contributed by atoms with Crippen LogP contribution in [-0.2, 0) is 13.0 Å². The summed E-state index contributed by atoms with van der Waals surface area (Å²) in [6.07, 6.45) is 6.23. The van der Waals surface area contributed by atoms with E-state index in [0.29, 0.717) is 12.0 Å². The summed E-state index contributed by atoms with van der Waals surface area (Å²) in [7, 11) is 0. The third-order valence-electron chi connectivity index (χ3n) is 3.79. The standard InChI is InChI=1S/C15H18BrNO2/c16-13-6-11-3-4-19-15(11)12(7-13)8-17-14-2-1-10(5-14)9-18/h1-2,6-7,10,14,17-18H,3-5,8-9H2/t10-,14+/m0/s1. The smallest absolute Gasteiger partial charge is 0.127 e. The number of halogens is 1. The molecule has 0 fully saturated rings. The molecule has 2 aliphatic rings. The first-order valence-corrected chi connectivity index (χ1v) is 7.52. The van der Waals surface area contributed by atoms with E-state index >= 15 is 0 Å². The second-order valence-electron chi connectivity index (χ2n) is 5.20. The zero-order chi connectivity index (χ0) is 13.2. The number of hydrogen-bond donors (Lipinski definition) is 2. The molecule has 3 rings (SSSR count). The molecule has 2 N–H and O–H groups in total. The molecule has 0 radical (unpaired) electrons. The van der Waals surface area contributed by atoms with E-state index in [9.17, 15) is 0 Å². The normalized spacial score (nSPS) is 24.5. The van der Waals surface area contributed by atoms with E-state index < -0.39 is 0 Å². The lowest BCUT2D eigenvalue weighted by molar-refractivity contribution is 0.246. The van der Waals surface area contributed by atoms with E-state index in [4.69, 9.17) is 9.84 Å². The maximum atomic E-state index is 9.13. The van der Waals surface area contributed by atoms with Gasteiger partial charge >= 0.3 is 0 Å². The number of fused-ring (bicyclic) bond motifs is 1. The fraction of sp³-hybridized carbons (Fsp3) is 0.467. The zero-order valence-electron chi connectivity index (χ0n) is 10.7. The van der Waals surface area contributed by atoms with Crippen LogP contribution in [0.4, 0.5) is 0 Å². The van der Waals surface area contributed by atoms with E-state index in [2.05, 4.69) is 45.5 Å². The van der Waals surface area contributed by atoms with Crippen molar-refractivity contribution >= 4 is 15.9 Å². The third kappa shape index (κ3) is 2.86. The Morgan fingerprint density at radius 2 is 2.26 bits per heavy atom.